The Bertz CT molecular complexity index is 1660. The minimum absolute atomic E-state index is 0.202. The van der Waals surface area contributed by atoms with Gasteiger partial charge < -0.3 is 0 Å². The zero-order chi connectivity index (χ0) is 26.6. The van der Waals surface area contributed by atoms with Crippen LogP contribution in [-0.2, 0) is 22.2 Å². The van der Waals surface area contributed by atoms with Crippen LogP contribution in [0.5, 0.6) is 0 Å². The Labute approximate surface area is 203 Å². The number of pyridine rings is 2. The highest BCUT2D eigenvalue weighted by Gasteiger charge is 2.35. The van der Waals surface area contributed by atoms with Crippen LogP contribution in [0, 0.1) is 0 Å². The van der Waals surface area contributed by atoms with E-state index in [2.05, 4.69) is 10.1 Å². The van der Waals surface area contributed by atoms with Crippen LogP contribution >= 0.6 is 11.6 Å². The van der Waals surface area contributed by atoms with Crippen LogP contribution in [0.4, 0.5) is 26.3 Å². The van der Waals surface area contributed by atoms with E-state index in [0.717, 1.165) is 24.4 Å². The smallest absolute Gasteiger partial charge is 0.249 e. The average Bonchev–Trinajstić information content (AvgIpc) is 3.13. The van der Waals surface area contributed by atoms with E-state index in [1.807, 2.05) is 0 Å². The molecule has 4 aromatic rings. The summed E-state index contributed by atoms with van der Waals surface area (Å²) >= 11 is 5.71. The maximum atomic E-state index is 13.6. The molecule has 36 heavy (non-hydrogen) atoms. The quantitative estimate of drug-likeness (QED) is 0.333. The topological polar surface area (TPSA) is 86.3 Å². The third-order valence-electron chi connectivity index (χ3n) is 5.19. The molecule has 0 aliphatic heterocycles. The molecule has 3 heterocycles. The zero-order valence-corrected chi connectivity index (χ0v) is 19.5. The molecule has 0 saturated heterocycles. The van der Waals surface area contributed by atoms with Crippen LogP contribution in [0.2, 0.25) is 5.02 Å². The summed E-state index contributed by atoms with van der Waals surface area (Å²) in [7, 11) is -4.21. The minimum Gasteiger partial charge on any atom is -0.249 e. The Morgan fingerprint density at radius 1 is 1.00 bits per heavy atom. The van der Waals surface area contributed by atoms with Crippen molar-refractivity contribution in [3.8, 4) is 16.9 Å². The van der Waals surface area contributed by atoms with E-state index in [1.54, 1.807) is 0 Å². The Hall–Kier alpha value is -3.39. The van der Waals surface area contributed by atoms with E-state index in [0.29, 0.717) is 27.4 Å². The minimum atomic E-state index is -4.84. The molecule has 0 aliphatic rings. The van der Waals surface area contributed by atoms with Gasteiger partial charge in [-0.1, -0.05) is 24.6 Å². The molecule has 0 atom stereocenters. The van der Waals surface area contributed by atoms with Crippen molar-refractivity contribution in [1.82, 2.24) is 19.2 Å². The first-order valence-corrected chi connectivity index (χ1v) is 12.0. The molecule has 7 nitrogen and oxygen atoms in total. The summed E-state index contributed by atoms with van der Waals surface area (Å²) in [6, 6.07) is 5.39. The van der Waals surface area contributed by atoms with Crippen molar-refractivity contribution in [2.24, 2.45) is 0 Å². The second-order valence-electron chi connectivity index (χ2n) is 7.47. The molecule has 3 aromatic heterocycles. The molecule has 0 N–H and O–H groups in total. The molecule has 190 valence electrons. The van der Waals surface area contributed by atoms with E-state index in [-0.39, 0.29) is 16.2 Å². The van der Waals surface area contributed by atoms with Crippen LogP contribution in [0.3, 0.4) is 0 Å². The van der Waals surface area contributed by atoms with Gasteiger partial charge in [0.25, 0.3) is 0 Å². The van der Waals surface area contributed by atoms with Gasteiger partial charge >= 0.3 is 18.0 Å². The highest BCUT2D eigenvalue weighted by molar-refractivity contribution is 7.91. The Morgan fingerprint density at radius 3 is 2.31 bits per heavy atom. The fourth-order valence-corrected chi connectivity index (χ4v) is 4.62. The normalized spacial score (nSPS) is 12.9. The van der Waals surface area contributed by atoms with Gasteiger partial charge in [0, 0.05) is 23.0 Å². The summed E-state index contributed by atoms with van der Waals surface area (Å²) in [5.74, 6) is -1.09. The van der Waals surface area contributed by atoms with Crippen molar-refractivity contribution in [3.05, 3.63) is 75.4 Å². The van der Waals surface area contributed by atoms with Gasteiger partial charge in [-0.3, -0.25) is 0 Å². The molecule has 0 aliphatic carbocycles. The molecule has 0 unspecified atom stereocenters. The van der Waals surface area contributed by atoms with Gasteiger partial charge in [-0.05, 0) is 35.9 Å². The predicted octanol–water partition coefficient (Wildman–Crippen LogP) is 5.03. The van der Waals surface area contributed by atoms with Gasteiger partial charge in [-0.25, -0.2) is 22.6 Å². The lowest BCUT2D eigenvalue weighted by atomic mass is 10.0. The first-order chi connectivity index (χ1) is 16.6. The van der Waals surface area contributed by atoms with E-state index in [9.17, 15) is 39.6 Å². The number of rotatable bonds is 4. The predicted molar refractivity (Wildman–Crippen MR) is 117 cm³/mol. The van der Waals surface area contributed by atoms with Crippen LogP contribution in [-0.4, -0.2) is 33.3 Å². The summed E-state index contributed by atoms with van der Waals surface area (Å²) in [4.78, 5) is 16.1. The van der Waals surface area contributed by atoms with E-state index in [1.165, 1.54) is 13.0 Å². The third kappa shape index (κ3) is 4.57. The number of benzene rings is 1. The van der Waals surface area contributed by atoms with Crippen LogP contribution in [0.25, 0.3) is 22.6 Å². The Kier molecular flexibility index (Phi) is 6.15. The van der Waals surface area contributed by atoms with Gasteiger partial charge in [0.2, 0.25) is 0 Å². The van der Waals surface area contributed by atoms with E-state index < -0.39 is 61.0 Å². The van der Waals surface area contributed by atoms with Gasteiger partial charge in [0.1, 0.15) is 4.90 Å². The first-order valence-electron chi connectivity index (χ1n) is 9.92. The second-order valence-corrected chi connectivity index (χ2v) is 10.2. The maximum absolute atomic E-state index is 13.6. The fourth-order valence-electron chi connectivity index (χ4n) is 3.41. The molecule has 0 saturated carbocycles. The fraction of sp³-hybridized carbons (Fsp3) is 0.190. The molecule has 15 heteroatoms. The highest BCUT2D eigenvalue weighted by Crippen LogP contribution is 2.39. The Morgan fingerprint density at radius 2 is 1.69 bits per heavy atom. The highest BCUT2D eigenvalue weighted by atomic mass is 35.5. The van der Waals surface area contributed by atoms with Gasteiger partial charge in [-0.15, -0.1) is 5.10 Å². The first kappa shape index (κ1) is 25.7. The summed E-state index contributed by atoms with van der Waals surface area (Å²) in [6.07, 6.45) is -8.20. The number of aromatic nitrogens is 4. The summed E-state index contributed by atoms with van der Waals surface area (Å²) in [5, 5.41) is 3.66. The van der Waals surface area contributed by atoms with Gasteiger partial charge in [0.05, 0.1) is 16.9 Å². The van der Waals surface area contributed by atoms with Gasteiger partial charge in [-0.2, -0.15) is 31.0 Å². The van der Waals surface area contributed by atoms with Crippen molar-refractivity contribution in [3.63, 3.8) is 0 Å². The van der Waals surface area contributed by atoms with E-state index in [4.69, 9.17) is 11.6 Å². The molecule has 4 rings (SSSR count). The maximum Gasteiger partial charge on any atom is 0.417 e. The molecule has 0 amide bonds. The second kappa shape index (κ2) is 8.62. The zero-order valence-electron chi connectivity index (χ0n) is 17.9. The van der Waals surface area contributed by atoms with Gasteiger partial charge in [0.15, 0.2) is 21.3 Å². The van der Waals surface area contributed by atoms with Crippen molar-refractivity contribution >= 4 is 27.1 Å². The molecule has 0 bridgehead atoms. The van der Waals surface area contributed by atoms with Crippen LogP contribution < -0.4 is 5.69 Å². The van der Waals surface area contributed by atoms with Crippen LogP contribution in [0.1, 0.15) is 18.1 Å². The standard InChI is InChI=1S/C21H13ClF6N4O3S/c1-2-36(34,35)16-7-11(14-5-4-13(22)8-15(14)21(26,27)28)9-29-18(16)32-19(33)31-10-12(20(23,24)25)3-6-17(31)30-32/h3-10H,2H2,1H3. The van der Waals surface area contributed by atoms with Crippen molar-refractivity contribution < 1.29 is 34.8 Å². The SMILES string of the molecule is CCS(=O)(=O)c1cc(-c2ccc(Cl)cc2C(F)(F)F)cnc1-n1nc2ccc(C(F)(F)F)cn2c1=O. The molecular formula is C21H13ClF6N4O3S. The largest absolute Gasteiger partial charge is 0.417 e. The molecule has 0 radical (unpaired) electrons. The van der Waals surface area contributed by atoms with Crippen molar-refractivity contribution in [2.45, 2.75) is 24.2 Å². The van der Waals surface area contributed by atoms with Crippen molar-refractivity contribution in [2.75, 3.05) is 5.75 Å². The third-order valence-corrected chi connectivity index (χ3v) is 7.16. The molecule has 0 fully saturated rings. The molecular weight excluding hydrogens is 538 g/mol. The van der Waals surface area contributed by atoms with Crippen molar-refractivity contribution in [1.29, 1.82) is 0 Å². The lowest BCUT2D eigenvalue weighted by molar-refractivity contribution is -0.138. The monoisotopic (exact) mass is 550 g/mol. The number of hydrogen-bond donors (Lipinski definition) is 0. The number of fused-ring (bicyclic) bond motifs is 1. The summed E-state index contributed by atoms with van der Waals surface area (Å²) in [5.41, 5.74) is -4.36. The number of hydrogen-bond acceptors (Lipinski definition) is 5. The number of sulfone groups is 1. The van der Waals surface area contributed by atoms with Crippen LogP contribution in [0.15, 0.2) is 58.5 Å². The summed E-state index contributed by atoms with van der Waals surface area (Å²) in [6.45, 7) is 1.26. The molecule has 1 aromatic carbocycles. The molecule has 0 spiro atoms. The lowest BCUT2D eigenvalue weighted by Crippen LogP contribution is -2.23. The Balaban J connectivity index is 1.99. The number of halogens is 7. The average molecular weight is 551 g/mol. The number of nitrogens with zero attached hydrogens (tertiary/aromatic N) is 4. The lowest BCUT2D eigenvalue weighted by Gasteiger charge is -2.15. The summed E-state index contributed by atoms with van der Waals surface area (Å²) < 4.78 is 107. The number of alkyl halides is 6. The van der Waals surface area contributed by atoms with E-state index >= 15 is 0 Å².